The number of H-pyrrole nitrogens is 1. The smallest absolute Gasteiger partial charge is 0.274 e. The van der Waals surface area contributed by atoms with Gasteiger partial charge in [0, 0.05) is 31.9 Å². The first-order valence-corrected chi connectivity index (χ1v) is 8.39. The van der Waals surface area contributed by atoms with Crippen LogP contribution in [-0.2, 0) is 13.0 Å². The van der Waals surface area contributed by atoms with Gasteiger partial charge in [0.05, 0.1) is 5.69 Å². The number of carbonyl (C=O) groups excluding carboxylic acids is 1. The molecule has 0 saturated carbocycles. The SMILES string of the molecule is CCCc1cn(CC2CCCN(C(=O)c3ccc(=O)[nH]n3)C2)nn1. The molecule has 1 amide bonds. The number of hydrogen-bond donors (Lipinski definition) is 1. The lowest BCUT2D eigenvalue weighted by Crippen LogP contribution is -2.41. The van der Waals surface area contributed by atoms with Gasteiger partial charge in [-0.1, -0.05) is 18.6 Å². The highest BCUT2D eigenvalue weighted by atomic mass is 16.2. The molecule has 2 aromatic rings. The number of aryl methyl sites for hydroxylation is 1. The van der Waals surface area contributed by atoms with E-state index in [-0.39, 0.29) is 17.2 Å². The van der Waals surface area contributed by atoms with Gasteiger partial charge >= 0.3 is 0 Å². The summed E-state index contributed by atoms with van der Waals surface area (Å²) in [5, 5.41) is 14.5. The second kappa shape index (κ2) is 7.37. The van der Waals surface area contributed by atoms with Crippen molar-refractivity contribution in [3.05, 3.63) is 40.1 Å². The average Bonchev–Trinajstić information content (AvgIpc) is 3.02. The van der Waals surface area contributed by atoms with Gasteiger partial charge in [-0.2, -0.15) is 5.10 Å². The fourth-order valence-corrected chi connectivity index (χ4v) is 3.09. The number of carbonyl (C=O) groups is 1. The maximum Gasteiger partial charge on any atom is 0.274 e. The molecule has 0 aliphatic carbocycles. The Bertz CT molecular complexity index is 733. The number of aromatic nitrogens is 5. The Hall–Kier alpha value is -2.51. The molecule has 128 valence electrons. The highest BCUT2D eigenvalue weighted by Crippen LogP contribution is 2.19. The van der Waals surface area contributed by atoms with Crippen molar-refractivity contribution in [2.45, 2.75) is 39.2 Å². The van der Waals surface area contributed by atoms with Crippen LogP contribution in [0.5, 0.6) is 0 Å². The van der Waals surface area contributed by atoms with E-state index in [0.29, 0.717) is 19.0 Å². The predicted octanol–water partition coefficient (Wildman–Crippen LogP) is 0.866. The Labute approximate surface area is 139 Å². The number of piperidine rings is 1. The fraction of sp³-hybridized carbons (Fsp3) is 0.562. The summed E-state index contributed by atoms with van der Waals surface area (Å²) >= 11 is 0. The highest BCUT2D eigenvalue weighted by Gasteiger charge is 2.25. The minimum atomic E-state index is -0.308. The zero-order valence-electron chi connectivity index (χ0n) is 13.8. The zero-order valence-corrected chi connectivity index (χ0v) is 13.8. The third-order valence-corrected chi connectivity index (χ3v) is 4.24. The van der Waals surface area contributed by atoms with E-state index in [1.807, 2.05) is 10.9 Å². The normalized spacial score (nSPS) is 17.9. The third-order valence-electron chi connectivity index (χ3n) is 4.24. The van der Waals surface area contributed by atoms with Crippen LogP contribution in [0.3, 0.4) is 0 Å². The topological polar surface area (TPSA) is 96.8 Å². The lowest BCUT2D eigenvalue weighted by molar-refractivity contribution is 0.0652. The second-order valence-electron chi connectivity index (χ2n) is 6.25. The van der Waals surface area contributed by atoms with E-state index in [2.05, 4.69) is 27.4 Å². The van der Waals surface area contributed by atoms with Crippen molar-refractivity contribution < 1.29 is 4.79 Å². The Morgan fingerprint density at radius 1 is 1.42 bits per heavy atom. The van der Waals surface area contributed by atoms with Gasteiger partial charge < -0.3 is 4.90 Å². The molecule has 3 heterocycles. The van der Waals surface area contributed by atoms with Crippen LogP contribution in [0.2, 0.25) is 0 Å². The van der Waals surface area contributed by atoms with Crippen LogP contribution in [0.25, 0.3) is 0 Å². The van der Waals surface area contributed by atoms with Gasteiger partial charge in [0.15, 0.2) is 0 Å². The number of amides is 1. The largest absolute Gasteiger partial charge is 0.337 e. The molecule has 3 rings (SSSR count). The van der Waals surface area contributed by atoms with Gasteiger partial charge in [-0.25, -0.2) is 5.10 Å². The second-order valence-corrected chi connectivity index (χ2v) is 6.25. The molecule has 0 aromatic carbocycles. The first kappa shape index (κ1) is 16.4. The van der Waals surface area contributed by atoms with Gasteiger partial charge in [0.1, 0.15) is 5.69 Å². The molecule has 0 spiro atoms. The summed E-state index contributed by atoms with van der Waals surface area (Å²) in [4.78, 5) is 25.4. The number of aromatic amines is 1. The number of rotatable bonds is 5. The first-order chi connectivity index (χ1) is 11.7. The standard InChI is InChI=1S/C16H22N6O2/c1-2-4-13-11-22(20-17-13)10-12-5-3-8-21(9-12)16(24)14-6-7-15(23)19-18-14/h6-7,11-12H,2-5,8-10H2,1H3,(H,19,23). The Balaban J connectivity index is 1.62. The summed E-state index contributed by atoms with van der Waals surface area (Å²) in [6.07, 6.45) is 6.00. The van der Waals surface area contributed by atoms with Crippen LogP contribution in [-0.4, -0.2) is 49.1 Å². The van der Waals surface area contributed by atoms with Crippen molar-refractivity contribution in [2.75, 3.05) is 13.1 Å². The van der Waals surface area contributed by atoms with Crippen molar-refractivity contribution in [1.82, 2.24) is 30.1 Å². The fourth-order valence-electron chi connectivity index (χ4n) is 3.09. The van der Waals surface area contributed by atoms with Gasteiger partial charge in [-0.05, 0) is 31.2 Å². The van der Waals surface area contributed by atoms with E-state index >= 15 is 0 Å². The minimum Gasteiger partial charge on any atom is -0.337 e. The molecule has 1 saturated heterocycles. The molecule has 1 unspecified atom stereocenters. The zero-order chi connectivity index (χ0) is 16.9. The Morgan fingerprint density at radius 3 is 3.04 bits per heavy atom. The summed E-state index contributed by atoms with van der Waals surface area (Å²) in [5.41, 5.74) is 0.983. The van der Waals surface area contributed by atoms with E-state index in [4.69, 9.17) is 0 Å². The molecule has 8 heteroatoms. The quantitative estimate of drug-likeness (QED) is 0.877. The first-order valence-electron chi connectivity index (χ1n) is 8.39. The van der Waals surface area contributed by atoms with Crippen molar-refractivity contribution in [2.24, 2.45) is 5.92 Å². The van der Waals surface area contributed by atoms with Gasteiger partial charge in [-0.3, -0.25) is 14.3 Å². The van der Waals surface area contributed by atoms with Crippen LogP contribution in [0.1, 0.15) is 42.4 Å². The molecule has 1 N–H and O–H groups in total. The average molecular weight is 330 g/mol. The molecular formula is C16H22N6O2. The summed E-state index contributed by atoms with van der Waals surface area (Å²) in [6.45, 7) is 4.27. The minimum absolute atomic E-state index is 0.138. The molecule has 1 aliphatic rings. The van der Waals surface area contributed by atoms with Gasteiger partial charge in [0.25, 0.3) is 11.5 Å². The number of nitrogens with one attached hydrogen (secondary N) is 1. The monoisotopic (exact) mass is 330 g/mol. The van der Waals surface area contributed by atoms with Crippen LogP contribution in [0.4, 0.5) is 0 Å². The molecule has 2 aromatic heterocycles. The maximum absolute atomic E-state index is 12.5. The lowest BCUT2D eigenvalue weighted by Gasteiger charge is -2.32. The van der Waals surface area contributed by atoms with Crippen molar-refractivity contribution in [3.63, 3.8) is 0 Å². The number of nitrogens with zero attached hydrogens (tertiary/aromatic N) is 5. The molecule has 8 nitrogen and oxygen atoms in total. The summed E-state index contributed by atoms with van der Waals surface area (Å²) in [7, 11) is 0. The van der Waals surface area contributed by atoms with Crippen LogP contribution < -0.4 is 5.56 Å². The van der Waals surface area contributed by atoms with Gasteiger partial charge in [-0.15, -0.1) is 5.10 Å². The third kappa shape index (κ3) is 3.87. The predicted molar refractivity (Wildman–Crippen MR) is 87.5 cm³/mol. The van der Waals surface area contributed by atoms with Crippen LogP contribution >= 0.6 is 0 Å². The molecule has 0 radical (unpaired) electrons. The van der Waals surface area contributed by atoms with Crippen molar-refractivity contribution in [1.29, 1.82) is 0 Å². The summed E-state index contributed by atoms with van der Waals surface area (Å²) in [5.74, 6) is 0.211. The molecule has 0 bridgehead atoms. The van der Waals surface area contributed by atoms with Crippen molar-refractivity contribution in [3.8, 4) is 0 Å². The number of likely N-dealkylation sites (tertiary alicyclic amines) is 1. The molecule has 1 atom stereocenters. The van der Waals surface area contributed by atoms with E-state index in [9.17, 15) is 9.59 Å². The Morgan fingerprint density at radius 2 is 2.29 bits per heavy atom. The van der Waals surface area contributed by atoms with Crippen LogP contribution in [0, 0.1) is 5.92 Å². The molecular weight excluding hydrogens is 308 g/mol. The van der Waals surface area contributed by atoms with E-state index in [0.717, 1.165) is 37.9 Å². The lowest BCUT2D eigenvalue weighted by atomic mass is 9.97. The molecule has 1 aliphatic heterocycles. The van der Waals surface area contributed by atoms with Gasteiger partial charge in [0.2, 0.25) is 0 Å². The Kier molecular flexibility index (Phi) is 5.02. The van der Waals surface area contributed by atoms with E-state index in [1.54, 1.807) is 4.90 Å². The summed E-state index contributed by atoms with van der Waals surface area (Å²) < 4.78 is 1.88. The van der Waals surface area contributed by atoms with Crippen LogP contribution in [0.15, 0.2) is 23.1 Å². The van der Waals surface area contributed by atoms with E-state index < -0.39 is 0 Å². The highest BCUT2D eigenvalue weighted by molar-refractivity contribution is 5.92. The molecule has 1 fully saturated rings. The summed E-state index contributed by atoms with van der Waals surface area (Å²) in [6, 6.07) is 2.80. The van der Waals surface area contributed by atoms with E-state index in [1.165, 1.54) is 12.1 Å². The molecule has 24 heavy (non-hydrogen) atoms. The number of hydrogen-bond acceptors (Lipinski definition) is 5. The maximum atomic E-state index is 12.5. The van der Waals surface area contributed by atoms with Crippen molar-refractivity contribution >= 4 is 5.91 Å².